The fraction of sp³-hybridized carbons (Fsp3) is 0.625. The van der Waals surface area contributed by atoms with Gasteiger partial charge in [0.25, 0.3) is 0 Å². The molecule has 22 heavy (non-hydrogen) atoms. The summed E-state index contributed by atoms with van der Waals surface area (Å²) < 4.78 is 0. The van der Waals surface area contributed by atoms with E-state index in [9.17, 15) is 4.79 Å². The molecule has 3 rings (SSSR count). The zero-order valence-electron chi connectivity index (χ0n) is 13.1. The summed E-state index contributed by atoms with van der Waals surface area (Å²) in [4.78, 5) is 18.2. The van der Waals surface area contributed by atoms with E-state index in [1.807, 2.05) is 12.1 Å². The molecule has 2 heterocycles. The number of hydrogen-bond acceptors (Lipinski definition) is 5. The lowest BCUT2D eigenvalue weighted by Crippen LogP contribution is -2.42. The van der Waals surface area contributed by atoms with E-state index in [1.165, 1.54) is 19.3 Å². The minimum Gasteiger partial charge on any atom is -0.325 e. The van der Waals surface area contributed by atoms with E-state index in [0.717, 1.165) is 24.7 Å². The number of rotatable bonds is 6. The second kappa shape index (κ2) is 7.17. The molecule has 1 saturated heterocycles. The number of aromatic nitrogens is 1. The largest absolute Gasteiger partial charge is 0.325 e. The van der Waals surface area contributed by atoms with Crippen LogP contribution >= 0.6 is 0 Å². The molecule has 0 spiro atoms. The van der Waals surface area contributed by atoms with Crippen molar-refractivity contribution in [2.45, 2.75) is 37.8 Å². The molecular weight excluding hydrogens is 278 g/mol. The van der Waals surface area contributed by atoms with E-state index in [0.29, 0.717) is 18.5 Å². The molecule has 1 amide bonds. The van der Waals surface area contributed by atoms with Crippen LogP contribution in [-0.4, -0.2) is 48.0 Å². The standard InChI is InChI=1S/C16H25N5O/c1-21(11-15-13-5-2-6-14(13)19-20-15)9-7-16(22)18-12-4-3-8-17-10-12/h3-4,8,10,13-15,19-20H,2,5-7,9,11H2,1H3,(H,18,22). The molecule has 6 nitrogen and oxygen atoms in total. The van der Waals surface area contributed by atoms with Crippen LogP contribution in [0.5, 0.6) is 0 Å². The van der Waals surface area contributed by atoms with Gasteiger partial charge in [-0.3, -0.25) is 20.6 Å². The summed E-state index contributed by atoms with van der Waals surface area (Å²) in [5.74, 6) is 0.780. The fourth-order valence-corrected chi connectivity index (χ4v) is 3.53. The number of likely N-dealkylation sites (N-methyl/N-ethyl adjacent to an activating group) is 1. The number of pyridine rings is 1. The van der Waals surface area contributed by atoms with Gasteiger partial charge in [0.05, 0.1) is 11.9 Å². The van der Waals surface area contributed by atoms with Crippen LogP contribution in [0.2, 0.25) is 0 Å². The van der Waals surface area contributed by atoms with E-state index < -0.39 is 0 Å². The van der Waals surface area contributed by atoms with Gasteiger partial charge in [0.15, 0.2) is 0 Å². The van der Waals surface area contributed by atoms with Gasteiger partial charge in [-0.1, -0.05) is 6.42 Å². The average molecular weight is 303 g/mol. The highest BCUT2D eigenvalue weighted by molar-refractivity contribution is 5.90. The molecule has 1 aliphatic heterocycles. The smallest absolute Gasteiger partial charge is 0.225 e. The van der Waals surface area contributed by atoms with Crippen molar-refractivity contribution < 1.29 is 4.79 Å². The molecule has 0 radical (unpaired) electrons. The number of amides is 1. The number of hydrogen-bond donors (Lipinski definition) is 3. The number of nitrogens with zero attached hydrogens (tertiary/aromatic N) is 2. The first kappa shape index (κ1) is 15.4. The third-order valence-electron chi connectivity index (χ3n) is 4.71. The molecule has 120 valence electrons. The molecular formula is C16H25N5O. The summed E-state index contributed by atoms with van der Waals surface area (Å²) in [6.07, 6.45) is 7.78. The highest BCUT2D eigenvalue weighted by Gasteiger charge is 2.38. The van der Waals surface area contributed by atoms with Gasteiger partial charge in [-0.25, -0.2) is 0 Å². The SMILES string of the molecule is CN(CCC(=O)Nc1cccnc1)CC1NNC2CCCC21. The number of nitrogens with one attached hydrogen (secondary N) is 3. The van der Waals surface area contributed by atoms with Gasteiger partial charge in [0, 0.05) is 37.8 Å². The van der Waals surface area contributed by atoms with Crippen molar-refractivity contribution >= 4 is 11.6 Å². The summed E-state index contributed by atoms with van der Waals surface area (Å²) in [6, 6.07) is 4.81. The van der Waals surface area contributed by atoms with Crippen LogP contribution in [0.4, 0.5) is 5.69 Å². The van der Waals surface area contributed by atoms with Crippen LogP contribution in [0, 0.1) is 5.92 Å². The van der Waals surface area contributed by atoms with E-state index in [4.69, 9.17) is 0 Å². The molecule has 3 N–H and O–H groups in total. The molecule has 2 fully saturated rings. The highest BCUT2D eigenvalue weighted by Crippen LogP contribution is 2.31. The van der Waals surface area contributed by atoms with Gasteiger partial charge in [-0.2, -0.15) is 0 Å². The molecule has 2 aliphatic rings. The maximum Gasteiger partial charge on any atom is 0.225 e. The Morgan fingerprint density at radius 1 is 1.45 bits per heavy atom. The number of fused-ring (bicyclic) bond motifs is 1. The van der Waals surface area contributed by atoms with Crippen LogP contribution < -0.4 is 16.2 Å². The van der Waals surface area contributed by atoms with E-state index >= 15 is 0 Å². The normalized spacial score (nSPS) is 27.1. The number of carbonyl (C=O) groups excluding carboxylic acids is 1. The summed E-state index contributed by atoms with van der Waals surface area (Å²) in [6.45, 7) is 1.75. The van der Waals surface area contributed by atoms with E-state index in [2.05, 4.69) is 33.1 Å². The first-order valence-corrected chi connectivity index (χ1v) is 8.12. The van der Waals surface area contributed by atoms with Crippen LogP contribution in [0.15, 0.2) is 24.5 Å². The van der Waals surface area contributed by atoms with Crippen molar-refractivity contribution in [3.8, 4) is 0 Å². The zero-order valence-corrected chi connectivity index (χ0v) is 13.1. The first-order valence-electron chi connectivity index (χ1n) is 8.12. The van der Waals surface area contributed by atoms with E-state index in [-0.39, 0.29) is 5.91 Å². The monoisotopic (exact) mass is 303 g/mol. The predicted octanol–water partition coefficient (Wildman–Crippen LogP) is 0.987. The fourth-order valence-electron chi connectivity index (χ4n) is 3.53. The molecule has 1 aromatic heterocycles. The molecule has 1 aromatic rings. The van der Waals surface area contributed by atoms with Crippen molar-refractivity contribution in [3.63, 3.8) is 0 Å². The quantitative estimate of drug-likeness (QED) is 0.731. The third-order valence-corrected chi connectivity index (χ3v) is 4.71. The molecule has 1 aliphatic carbocycles. The molecule has 1 saturated carbocycles. The first-order chi connectivity index (χ1) is 10.7. The lowest BCUT2D eigenvalue weighted by atomic mass is 9.97. The number of carbonyl (C=O) groups is 1. The van der Waals surface area contributed by atoms with Crippen LogP contribution in [0.25, 0.3) is 0 Å². The highest BCUT2D eigenvalue weighted by atomic mass is 16.1. The van der Waals surface area contributed by atoms with Gasteiger partial charge < -0.3 is 10.2 Å². The molecule has 3 unspecified atom stereocenters. The number of hydrazine groups is 1. The van der Waals surface area contributed by atoms with Crippen molar-refractivity contribution in [1.29, 1.82) is 0 Å². The van der Waals surface area contributed by atoms with Crippen LogP contribution in [0.1, 0.15) is 25.7 Å². The van der Waals surface area contributed by atoms with Crippen LogP contribution in [0.3, 0.4) is 0 Å². The van der Waals surface area contributed by atoms with Crippen molar-refractivity contribution in [2.24, 2.45) is 5.92 Å². The lowest BCUT2D eigenvalue weighted by Gasteiger charge is -2.24. The summed E-state index contributed by atoms with van der Waals surface area (Å²) in [5, 5.41) is 2.87. The summed E-state index contributed by atoms with van der Waals surface area (Å²) in [5.41, 5.74) is 7.58. The Kier molecular flexibility index (Phi) is 5.02. The van der Waals surface area contributed by atoms with Crippen molar-refractivity contribution in [2.75, 3.05) is 25.5 Å². The van der Waals surface area contributed by atoms with Crippen LogP contribution in [-0.2, 0) is 4.79 Å². The topological polar surface area (TPSA) is 69.3 Å². The second-order valence-electron chi connectivity index (χ2n) is 6.40. The molecule has 0 bridgehead atoms. The molecule has 3 atom stereocenters. The Morgan fingerprint density at radius 3 is 3.18 bits per heavy atom. The molecule has 6 heteroatoms. The maximum absolute atomic E-state index is 11.9. The van der Waals surface area contributed by atoms with Gasteiger partial charge in [0.1, 0.15) is 0 Å². The van der Waals surface area contributed by atoms with Crippen molar-refractivity contribution in [1.82, 2.24) is 20.7 Å². The Balaban J connectivity index is 1.39. The van der Waals surface area contributed by atoms with Gasteiger partial charge >= 0.3 is 0 Å². The minimum atomic E-state index is 0.0381. The third kappa shape index (κ3) is 3.82. The van der Waals surface area contributed by atoms with Gasteiger partial charge in [-0.05, 0) is 37.9 Å². The number of anilines is 1. The predicted molar refractivity (Wildman–Crippen MR) is 86.2 cm³/mol. The van der Waals surface area contributed by atoms with Crippen molar-refractivity contribution in [3.05, 3.63) is 24.5 Å². The Bertz CT molecular complexity index is 495. The zero-order chi connectivity index (χ0) is 15.4. The lowest BCUT2D eigenvalue weighted by molar-refractivity contribution is -0.116. The second-order valence-corrected chi connectivity index (χ2v) is 6.40. The Morgan fingerprint density at radius 2 is 2.36 bits per heavy atom. The molecule has 0 aromatic carbocycles. The van der Waals surface area contributed by atoms with Gasteiger partial charge in [-0.15, -0.1) is 0 Å². The summed E-state index contributed by atoms with van der Waals surface area (Å²) >= 11 is 0. The summed E-state index contributed by atoms with van der Waals surface area (Å²) in [7, 11) is 2.08. The minimum absolute atomic E-state index is 0.0381. The van der Waals surface area contributed by atoms with E-state index in [1.54, 1.807) is 12.4 Å². The Hall–Kier alpha value is -1.50. The van der Waals surface area contributed by atoms with Gasteiger partial charge in [0.2, 0.25) is 5.91 Å². The Labute approximate surface area is 131 Å². The average Bonchev–Trinajstić information content (AvgIpc) is 3.11. The maximum atomic E-state index is 11.9.